The van der Waals surface area contributed by atoms with Crippen molar-refractivity contribution in [2.24, 2.45) is 5.92 Å². The highest BCUT2D eigenvalue weighted by atomic mass is 35.5. The van der Waals surface area contributed by atoms with Crippen molar-refractivity contribution in [2.75, 3.05) is 6.61 Å². The number of benzene rings is 1. The van der Waals surface area contributed by atoms with E-state index in [0.717, 1.165) is 0 Å². The first kappa shape index (κ1) is 18.2. The highest BCUT2D eigenvalue weighted by Gasteiger charge is 2.19. The minimum absolute atomic E-state index is 0.0600. The zero-order valence-electron chi connectivity index (χ0n) is 13.8. The second-order valence-electron chi connectivity index (χ2n) is 5.81. The van der Waals surface area contributed by atoms with E-state index in [1.54, 1.807) is 45.0 Å². The van der Waals surface area contributed by atoms with E-state index in [1.807, 2.05) is 0 Å². The van der Waals surface area contributed by atoms with E-state index >= 15 is 0 Å². The molecule has 2 rings (SSSR count). The SMILES string of the molecule is Cc1cc(=O)c(C(=O)NC(C)C(C)CO)nn1-c1cccc(Cl)c1. The number of aryl methyl sites for hydroxylation is 1. The number of nitrogens with zero attached hydrogens (tertiary/aromatic N) is 2. The van der Waals surface area contributed by atoms with E-state index in [4.69, 9.17) is 16.7 Å². The summed E-state index contributed by atoms with van der Waals surface area (Å²) in [7, 11) is 0. The Kier molecular flexibility index (Phi) is 5.75. The summed E-state index contributed by atoms with van der Waals surface area (Å²) in [6.07, 6.45) is 0. The van der Waals surface area contributed by atoms with Crippen molar-refractivity contribution in [2.45, 2.75) is 26.8 Å². The number of amides is 1. The van der Waals surface area contributed by atoms with Crippen LogP contribution < -0.4 is 10.7 Å². The Balaban J connectivity index is 2.40. The van der Waals surface area contributed by atoms with Crippen LogP contribution in [0.25, 0.3) is 5.69 Å². The van der Waals surface area contributed by atoms with Gasteiger partial charge in [-0.25, -0.2) is 4.68 Å². The third kappa shape index (κ3) is 4.01. The first-order valence-corrected chi connectivity index (χ1v) is 8.00. The Morgan fingerprint density at radius 1 is 1.38 bits per heavy atom. The van der Waals surface area contributed by atoms with Gasteiger partial charge < -0.3 is 10.4 Å². The third-order valence-electron chi connectivity index (χ3n) is 3.88. The van der Waals surface area contributed by atoms with Crippen molar-refractivity contribution >= 4 is 17.5 Å². The molecule has 1 amide bonds. The van der Waals surface area contributed by atoms with Gasteiger partial charge in [-0.05, 0) is 38.0 Å². The summed E-state index contributed by atoms with van der Waals surface area (Å²) < 4.78 is 1.50. The highest BCUT2D eigenvalue weighted by molar-refractivity contribution is 6.30. The van der Waals surface area contributed by atoms with Crippen molar-refractivity contribution in [3.63, 3.8) is 0 Å². The number of carbonyl (C=O) groups excluding carboxylic acids is 1. The van der Waals surface area contributed by atoms with Gasteiger partial charge in [0.2, 0.25) is 5.43 Å². The molecule has 0 saturated heterocycles. The van der Waals surface area contributed by atoms with E-state index in [2.05, 4.69) is 10.4 Å². The number of carbonyl (C=O) groups is 1. The summed E-state index contributed by atoms with van der Waals surface area (Å²) in [5, 5.41) is 16.6. The number of halogens is 1. The summed E-state index contributed by atoms with van der Waals surface area (Å²) in [5.74, 6) is -0.696. The standard InChI is InChI=1S/C17H20ClN3O3/c1-10(9-22)12(3)19-17(24)16-15(23)7-11(2)21(20-16)14-6-4-5-13(18)8-14/h4-8,10,12,22H,9H2,1-3H3,(H,19,24). The van der Waals surface area contributed by atoms with Crippen molar-refractivity contribution < 1.29 is 9.90 Å². The Morgan fingerprint density at radius 2 is 2.08 bits per heavy atom. The Bertz CT molecular complexity index is 804. The molecule has 2 N–H and O–H groups in total. The molecule has 2 atom stereocenters. The minimum atomic E-state index is -0.566. The van der Waals surface area contributed by atoms with Crippen molar-refractivity contribution in [3.05, 3.63) is 57.0 Å². The normalized spacial score (nSPS) is 13.4. The molecule has 2 aromatic rings. The molecule has 0 aliphatic heterocycles. The quantitative estimate of drug-likeness (QED) is 0.864. The van der Waals surface area contributed by atoms with Crippen molar-refractivity contribution in [3.8, 4) is 5.69 Å². The summed E-state index contributed by atoms with van der Waals surface area (Å²) >= 11 is 5.99. The molecule has 0 spiro atoms. The van der Waals surface area contributed by atoms with Crippen LogP contribution >= 0.6 is 11.6 Å². The molecule has 24 heavy (non-hydrogen) atoms. The van der Waals surface area contributed by atoms with Gasteiger partial charge in [0.15, 0.2) is 5.69 Å². The lowest BCUT2D eigenvalue weighted by atomic mass is 10.1. The van der Waals surface area contributed by atoms with Crippen LogP contribution in [0.5, 0.6) is 0 Å². The number of hydrogen-bond acceptors (Lipinski definition) is 4. The van der Waals surface area contributed by atoms with Crippen LogP contribution in [0.2, 0.25) is 5.02 Å². The molecule has 1 heterocycles. The monoisotopic (exact) mass is 349 g/mol. The van der Waals surface area contributed by atoms with Gasteiger partial charge in [0, 0.05) is 29.4 Å². The number of hydrogen-bond donors (Lipinski definition) is 2. The Hall–Kier alpha value is -2.18. The van der Waals surface area contributed by atoms with Crippen LogP contribution in [-0.2, 0) is 0 Å². The molecule has 0 radical (unpaired) electrons. The Morgan fingerprint density at radius 3 is 2.71 bits per heavy atom. The van der Waals surface area contributed by atoms with E-state index < -0.39 is 11.3 Å². The van der Waals surface area contributed by atoms with Crippen LogP contribution in [0.3, 0.4) is 0 Å². The molecule has 7 heteroatoms. The smallest absolute Gasteiger partial charge is 0.276 e. The fraction of sp³-hybridized carbons (Fsp3) is 0.353. The van der Waals surface area contributed by atoms with Gasteiger partial charge in [0.1, 0.15) is 0 Å². The lowest BCUT2D eigenvalue weighted by molar-refractivity contribution is 0.0908. The largest absolute Gasteiger partial charge is 0.396 e. The average molecular weight is 350 g/mol. The maximum atomic E-state index is 12.4. The summed E-state index contributed by atoms with van der Waals surface area (Å²) in [5.41, 5.74) is 0.603. The number of aliphatic hydroxyl groups excluding tert-OH is 1. The summed E-state index contributed by atoms with van der Waals surface area (Å²) in [4.78, 5) is 24.5. The van der Waals surface area contributed by atoms with Crippen LogP contribution in [0.15, 0.2) is 35.1 Å². The van der Waals surface area contributed by atoms with E-state index in [0.29, 0.717) is 16.4 Å². The maximum Gasteiger partial charge on any atom is 0.276 e. The summed E-state index contributed by atoms with van der Waals surface area (Å²) in [6, 6.07) is 8.06. The fourth-order valence-electron chi connectivity index (χ4n) is 2.15. The minimum Gasteiger partial charge on any atom is -0.396 e. The molecular weight excluding hydrogens is 330 g/mol. The van der Waals surface area contributed by atoms with Crippen LogP contribution in [0, 0.1) is 12.8 Å². The predicted molar refractivity (Wildman–Crippen MR) is 92.8 cm³/mol. The highest BCUT2D eigenvalue weighted by Crippen LogP contribution is 2.15. The molecular formula is C17H20ClN3O3. The molecule has 0 bridgehead atoms. The van der Waals surface area contributed by atoms with Crippen molar-refractivity contribution in [1.82, 2.24) is 15.1 Å². The first-order valence-electron chi connectivity index (χ1n) is 7.62. The molecule has 0 aliphatic rings. The molecule has 0 fully saturated rings. The second-order valence-corrected chi connectivity index (χ2v) is 6.25. The van der Waals surface area contributed by atoms with E-state index in [-0.39, 0.29) is 24.3 Å². The average Bonchev–Trinajstić information content (AvgIpc) is 2.53. The molecule has 1 aromatic carbocycles. The van der Waals surface area contributed by atoms with Gasteiger partial charge in [0.25, 0.3) is 5.91 Å². The van der Waals surface area contributed by atoms with Gasteiger partial charge in [-0.1, -0.05) is 24.6 Å². The molecule has 1 aromatic heterocycles. The van der Waals surface area contributed by atoms with Gasteiger partial charge in [-0.3, -0.25) is 9.59 Å². The van der Waals surface area contributed by atoms with E-state index in [9.17, 15) is 9.59 Å². The lowest BCUT2D eigenvalue weighted by Gasteiger charge is -2.19. The number of aliphatic hydroxyl groups is 1. The second kappa shape index (κ2) is 7.59. The zero-order chi connectivity index (χ0) is 17.9. The number of aromatic nitrogens is 2. The third-order valence-corrected chi connectivity index (χ3v) is 4.11. The van der Waals surface area contributed by atoms with Crippen LogP contribution in [0.1, 0.15) is 30.0 Å². The maximum absolute atomic E-state index is 12.4. The molecule has 0 aliphatic carbocycles. The molecule has 6 nitrogen and oxygen atoms in total. The predicted octanol–water partition coefficient (Wildman–Crippen LogP) is 1.94. The Labute approximate surface area is 145 Å². The van der Waals surface area contributed by atoms with Crippen LogP contribution in [-0.4, -0.2) is 33.4 Å². The number of nitrogens with one attached hydrogen (secondary N) is 1. The number of rotatable bonds is 5. The van der Waals surface area contributed by atoms with Gasteiger partial charge >= 0.3 is 0 Å². The van der Waals surface area contributed by atoms with Gasteiger partial charge in [0.05, 0.1) is 5.69 Å². The summed E-state index contributed by atoms with van der Waals surface area (Å²) in [6.45, 7) is 5.24. The first-order chi connectivity index (χ1) is 11.3. The van der Waals surface area contributed by atoms with Crippen molar-refractivity contribution in [1.29, 1.82) is 0 Å². The molecule has 128 valence electrons. The van der Waals surface area contributed by atoms with E-state index in [1.165, 1.54) is 10.7 Å². The molecule has 0 saturated carbocycles. The molecule has 2 unspecified atom stereocenters. The fourth-order valence-corrected chi connectivity index (χ4v) is 2.33. The zero-order valence-corrected chi connectivity index (χ0v) is 14.5. The van der Waals surface area contributed by atoms with Crippen LogP contribution in [0.4, 0.5) is 0 Å². The lowest BCUT2D eigenvalue weighted by Crippen LogP contribution is -2.41. The van der Waals surface area contributed by atoms with Gasteiger partial charge in [-0.2, -0.15) is 5.10 Å². The topological polar surface area (TPSA) is 84.2 Å². The van der Waals surface area contributed by atoms with Gasteiger partial charge in [-0.15, -0.1) is 0 Å².